The molecule has 0 aliphatic carbocycles. The summed E-state index contributed by atoms with van der Waals surface area (Å²) in [5.41, 5.74) is 0. The Morgan fingerprint density at radius 1 is 1.47 bits per heavy atom. The van der Waals surface area contributed by atoms with E-state index in [0.717, 1.165) is 16.7 Å². The van der Waals surface area contributed by atoms with E-state index in [2.05, 4.69) is 20.8 Å². The highest BCUT2D eigenvalue weighted by Gasteiger charge is 2.29. The monoisotopic (exact) mass is 284 g/mol. The number of thioether (sulfide) groups is 1. The van der Waals surface area contributed by atoms with Gasteiger partial charge in [0.05, 0.1) is 12.2 Å². The van der Waals surface area contributed by atoms with Crippen molar-refractivity contribution in [3.8, 4) is 0 Å². The van der Waals surface area contributed by atoms with E-state index < -0.39 is 0 Å². The fourth-order valence-electron chi connectivity index (χ4n) is 1.51. The smallest absolute Gasteiger partial charge is 0.288 e. The van der Waals surface area contributed by atoms with Crippen molar-refractivity contribution in [1.82, 2.24) is 30.4 Å². The van der Waals surface area contributed by atoms with Gasteiger partial charge in [-0.1, -0.05) is 11.8 Å². The fraction of sp³-hybridized carbons (Fsp3) is 0.556. The Bertz CT molecular complexity index is 500. The van der Waals surface area contributed by atoms with E-state index in [4.69, 9.17) is 0 Å². The van der Waals surface area contributed by atoms with E-state index in [-0.39, 0.29) is 42.3 Å². The lowest BCUT2D eigenvalue weighted by Crippen LogP contribution is -2.38. The maximum Gasteiger partial charge on any atom is 0.288 e. The molecule has 0 radical (unpaired) electrons. The van der Waals surface area contributed by atoms with Gasteiger partial charge in [-0.2, -0.15) is 0 Å². The van der Waals surface area contributed by atoms with Crippen LogP contribution in [-0.2, 0) is 23.1 Å². The van der Waals surface area contributed by atoms with Crippen molar-refractivity contribution in [3.63, 3.8) is 0 Å². The number of rotatable bonds is 5. The van der Waals surface area contributed by atoms with Gasteiger partial charge >= 0.3 is 0 Å². The molecule has 1 saturated heterocycles. The van der Waals surface area contributed by atoms with E-state index in [1.165, 1.54) is 4.68 Å². The minimum atomic E-state index is -0.267. The number of nitrogens with one attached hydrogen (secondary N) is 1. The Hall–Kier alpha value is -1.97. The summed E-state index contributed by atoms with van der Waals surface area (Å²) in [6.45, 7) is 0.412. The van der Waals surface area contributed by atoms with Gasteiger partial charge in [-0.05, 0) is 10.4 Å². The Kier molecular flexibility index (Phi) is 4.10. The molecule has 1 aliphatic heterocycles. The highest BCUT2D eigenvalue weighted by atomic mass is 32.2. The largest absolute Gasteiger partial charge is 0.354 e. The van der Waals surface area contributed by atoms with E-state index in [1.54, 1.807) is 7.05 Å². The van der Waals surface area contributed by atoms with Crippen LogP contribution in [0.1, 0.15) is 5.82 Å². The van der Waals surface area contributed by atoms with Crippen molar-refractivity contribution in [1.29, 1.82) is 0 Å². The summed E-state index contributed by atoms with van der Waals surface area (Å²) in [6, 6.07) is 0. The Morgan fingerprint density at radius 3 is 2.84 bits per heavy atom. The van der Waals surface area contributed by atoms with Gasteiger partial charge in [-0.25, -0.2) is 4.68 Å². The summed E-state index contributed by atoms with van der Waals surface area (Å²) in [5, 5.41) is 13.1. The molecule has 9 nitrogen and oxygen atoms in total. The molecule has 0 bridgehead atoms. The number of carbonyl (C=O) groups excluding carboxylic acids is 3. The van der Waals surface area contributed by atoms with Crippen LogP contribution in [0.2, 0.25) is 0 Å². The van der Waals surface area contributed by atoms with Crippen LogP contribution in [0.5, 0.6) is 0 Å². The molecule has 19 heavy (non-hydrogen) atoms. The average Bonchev–Trinajstić information content (AvgIpc) is 2.90. The third-order valence-electron chi connectivity index (χ3n) is 2.52. The molecule has 3 amide bonds. The second-order valence-electron chi connectivity index (χ2n) is 3.85. The van der Waals surface area contributed by atoms with Crippen molar-refractivity contribution in [3.05, 3.63) is 5.82 Å². The Morgan fingerprint density at radius 2 is 2.26 bits per heavy atom. The summed E-state index contributed by atoms with van der Waals surface area (Å²) in [7, 11) is 1.64. The predicted octanol–water partition coefficient (Wildman–Crippen LogP) is -1.44. The average molecular weight is 284 g/mol. The lowest BCUT2D eigenvalue weighted by Gasteiger charge is -2.12. The zero-order valence-corrected chi connectivity index (χ0v) is 11.0. The third-order valence-corrected chi connectivity index (χ3v) is 3.38. The molecular formula is C9H12N6O3S. The van der Waals surface area contributed by atoms with Crippen LogP contribution in [0.4, 0.5) is 4.79 Å². The molecule has 0 saturated carbocycles. The molecule has 1 aromatic heterocycles. The highest BCUT2D eigenvalue weighted by Crippen LogP contribution is 2.17. The first-order chi connectivity index (χ1) is 9.08. The van der Waals surface area contributed by atoms with Crippen molar-refractivity contribution < 1.29 is 14.4 Å². The van der Waals surface area contributed by atoms with Gasteiger partial charge in [0.25, 0.3) is 5.24 Å². The first-order valence-electron chi connectivity index (χ1n) is 5.53. The standard InChI is InChI=1S/C9H12N6O3S/c1-14-6(11-12-13-14)4-7(16)10-2-3-15-8(17)5-19-9(15)18/h2-5H2,1H3,(H,10,16). The van der Waals surface area contributed by atoms with E-state index in [0.29, 0.717) is 5.82 Å². The lowest BCUT2D eigenvalue weighted by atomic mass is 10.3. The number of carbonyl (C=O) groups is 3. The van der Waals surface area contributed by atoms with Crippen LogP contribution < -0.4 is 5.32 Å². The number of aromatic nitrogens is 4. The van der Waals surface area contributed by atoms with Gasteiger partial charge in [0.2, 0.25) is 11.8 Å². The first-order valence-corrected chi connectivity index (χ1v) is 6.51. The SMILES string of the molecule is Cn1nnnc1CC(=O)NCCN1C(=O)CSC1=O. The number of hydrogen-bond acceptors (Lipinski definition) is 7. The first kappa shape index (κ1) is 13.5. The molecule has 10 heteroatoms. The van der Waals surface area contributed by atoms with Crippen molar-refractivity contribution >= 4 is 28.8 Å². The topological polar surface area (TPSA) is 110 Å². The molecule has 102 valence electrons. The van der Waals surface area contributed by atoms with Gasteiger partial charge in [0, 0.05) is 20.1 Å². The molecule has 1 N–H and O–H groups in total. The number of imide groups is 1. The van der Waals surface area contributed by atoms with Crippen LogP contribution >= 0.6 is 11.8 Å². The number of amides is 3. The van der Waals surface area contributed by atoms with Gasteiger partial charge in [0.1, 0.15) is 0 Å². The third kappa shape index (κ3) is 3.28. The number of aryl methyl sites for hydroxylation is 1. The van der Waals surface area contributed by atoms with Crippen molar-refractivity contribution in [2.24, 2.45) is 7.05 Å². The zero-order chi connectivity index (χ0) is 13.8. The molecular weight excluding hydrogens is 272 g/mol. The molecule has 2 heterocycles. The summed E-state index contributed by atoms with van der Waals surface area (Å²) in [6.07, 6.45) is 0.0557. The molecule has 0 aromatic carbocycles. The van der Waals surface area contributed by atoms with Crippen LogP contribution in [0.3, 0.4) is 0 Å². The van der Waals surface area contributed by atoms with E-state index >= 15 is 0 Å². The van der Waals surface area contributed by atoms with Gasteiger partial charge in [-0.15, -0.1) is 5.10 Å². The van der Waals surface area contributed by atoms with Gasteiger partial charge in [-0.3, -0.25) is 19.3 Å². The summed E-state index contributed by atoms with van der Waals surface area (Å²) in [5.74, 6) is 0.144. The molecule has 1 aromatic rings. The molecule has 1 aliphatic rings. The Labute approximate surface area is 112 Å². The van der Waals surface area contributed by atoms with Crippen LogP contribution in [0.15, 0.2) is 0 Å². The fourth-order valence-corrected chi connectivity index (χ4v) is 2.26. The van der Waals surface area contributed by atoms with Crippen molar-refractivity contribution in [2.45, 2.75) is 6.42 Å². The summed E-state index contributed by atoms with van der Waals surface area (Å²) in [4.78, 5) is 35.3. The second kappa shape index (κ2) is 5.78. The van der Waals surface area contributed by atoms with Gasteiger partial charge < -0.3 is 5.32 Å². The minimum Gasteiger partial charge on any atom is -0.354 e. The molecule has 2 rings (SSSR count). The number of hydrogen-bond donors (Lipinski definition) is 1. The molecule has 1 fully saturated rings. The van der Waals surface area contributed by atoms with E-state index in [9.17, 15) is 14.4 Å². The predicted molar refractivity (Wildman–Crippen MR) is 65.1 cm³/mol. The van der Waals surface area contributed by atoms with Crippen LogP contribution in [0.25, 0.3) is 0 Å². The van der Waals surface area contributed by atoms with Crippen LogP contribution in [0, 0.1) is 0 Å². The molecule has 0 atom stereocenters. The zero-order valence-electron chi connectivity index (χ0n) is 10.2. The lowest BCUT2D eigenvalue weighted by molar-refractivity contribution is -0.125. The molecule has 0 unspecified atom stereocenters. The summed E-state index contributed by atoms with van der Waals surface area (Å²) >= 11 is 0.973. The minimum absolute atomic E-state index is 0.0557. The Balaban J connectivity index is 1.74. The van der Waals surface area contributed by atoms with Gasteiger partial charge in [0.15, 0.2) is 5.82 Å². The number of nitrogens with zero attached hydrogens (tertiary/aromatic N) is 5. The number of tetrazole rings is 1. The van der Waals surface area contributed by atoms with E-state index in [1.807, 2.05) is 0 Å². The highest BCUT2D eigenvalue weighted by molar-refractivity contribution is 8.14. The van der Waals surface area contributed by atoms with Crippen LogP contribution in [-0.4, -0.2) is 61.0 Å². The summed E-state index contributed by atoms with van der Waals surface area (Å²) < 4.78 is 1.41. The maximum atomic E-state index is 11.6. The second-order valence-corrected chi connectivity index (χ2v) is 4.77. The maximum absolute atomic E-state index is 11.6. The quantitative estimate of drug-likeness (QED) is 0.705. The normalized spacial score (nSPS) is 15.1. The molecule has 0 spiro atoms. The van der Waals surface area contributed by atoms with Crippen molar-refractivity contribution in [2.75, 3.05) is 18.8 Å².